The number of rotatable bonds is 3. The number of carboxylic acids is 1. The normalized spacial score (nSPS) is 12.5. The summed E-state index contributed by atoms with van der Waals surface area (Å²) >= 11 is 0. The van der Waals surface area contributed by atoms with E-state index in [0.717, 1.165) is 16.9 Å². The van der Waals surface area contributed by atoms with Crippen LogP contribution in [0.4, 0.5) is 5.82 Å². The highest BCUT2D eigenvalue weighted by molar-refractivity contribution is 5.91. The molecule has 1 aromatic heterocycles. The van der Waals surface area contributed by atoms with Gasteiger partial charge in [0, 0.05) is 17.1 Å². The van der Waals surface area contributed by atoms with E-state index < -0.39 is 5.97 Å². The number of carboxylic acid groups (broad SMARTS) is 1. The van der Waals surface area contributed by atoms with Crippen LogP contribution in [0.5, 0.6) is 0 Å². The minimum atomic E-state index is -0.931. The molecule has 2 aromatic rings. The van der Waals surface area contributed by atoms with Crippen LogP contribution in [0.25, 0.3) is 11.8 Å². The van der Waals surface area contributed by atoms with Gasteiger partial charge >= 0.3 is 5.97 Å². The van der Waals surface area contributed by atoms with Crippen molar-refractivity contribution >= 4 is 17.9 Å². The Hall–Kier alpha value is -2.56. The molecule has 0 atom stereocenters. The molecule has 2 rings (SSSR count). The average molecular weight is 299 g/mol. The van der Waals surface area contributed by atoms with Crippen LogP contribution in [0.3, 0.4) is 0 Å². The Morgan fingerprint density at radius 2 is 2.00 bits per heavy atom. The quantitative estimate of drug-likeness (QED) is 0.852. The lowest BCUT2D eigenvalue weighted by atomic mass is 9.92. The third-order valence-corrected chi connectivity index (χ3v) is 3.34. The maximum absolute atomic E-state index is 10.9. The van der Waals surface area contributed by atoms with Crippen LogP contribution >= 0.6 is 0 Å². The summed E-state index contributed by atoms with van der Waals surface area (Å²) in [5, 5.41) is 13.5. The van der Waals surface area contributed by atoms with E-state index >= 15 is 0 Å². The van der Waals surface area contributed by atoms with Crippen LogP contribution in [0.2, 0.25) is 0 Å². The number of nitrogens with two attached hydrogens (primary N) is 1. The number of benzene rings is 1. The molecule has 1 heterocycles. The first-order valence-corrected chi connectivity index (χ1v) is 7.06. The molecule has 0 fully saturated rings. The summed E-state index contributed by atoms with van der Waals surface area (Å²) in [4.78, 5) is 10.9. The van der Waals surface area contributed by atoms with Gasteiger partial charge in [-0.1, -0.05) is 32.9 Å². The Balaban J connectivity index is 2.45. The van der Waals surface area contributed by atoms with E-state index in [1.165, 1.54) is 0 Å². The SMILES string of the molecule is CC(=Cc1cccc(-n2nc(C(C)(C)C)cc2N)c1)C(=O)O. The second-order valence-corrected chi connectivity index (χ2v) is 6.34. The number of nitrogens with zero attached hydrogens (tertiary/aromatic N) is 2. The number of nitrogen functional groups attached to an aromatic ring is 1. The lowest BCUT2D eigenvalue weighted by Gasteiger charge is -2.14. The van der Waals surface area contributed by atoms with Gasteiger partial charge in [-0.15, -0.1) is 0 Å². The minimum Gasteiger partial charge on any atom is -0.478 e. The molecule has 0 aliphatic carbocycles. The molecule has 5 heteroatoms. The van der Waals surface area contributed by atoms with Crippen molar-refractivity contribution in [3.8, 4) is 5.69 Å². The van der Waals surface area contributed by atoms with Crippen LogP contribution in [-0.4, -0.2) is 20.9 Å². The van der Waals surface area contributed by atoms with Crippen molar-refractivity contribution in [2.75, 3.05) is 5.73 Å². The van der Waals surface area contributed by atoms with Crippen LogP contribution < -0.4 is 5.73 Å². The third kappa shape index (κ3) is 3.36. The van der Waals surface area contributed by atoms with Gasteiger partial charge in [0.05, 0.1) is 11.4 Å². The highest BCUT2D eigenvalue weighted by atomic mass is 16.4. The van der Waals surface area contributed by atoms with Crippen molar-refractivity contribution in [2.24, 2.45) is 0 Å². The number of hydrogen-bond acceptors (Lipinski definition) is 3. The number of anilines is 1. The Morgan fingerprint density at radius 3 is 2.55 bits per heavy atom. The first kappa shape index (κ1) is 15.8. The number of hydrogen-bond donors (Lipinski definition) is 2. The van der Waals surface area contributed by atoms with Gasteiger partial charge in [0.1, 0.15) is 5.82 Å². The van der Waals surface area contributed by atoms with Gasteiger partial charge in [0.15, 0.2) is 0 Å². The Morgan fingerprint density at radius 1 is 1.32 bits per heavy atom. The first-order valence-electron chi connectivity index (χ1n) is 7.06. The van der Waals surface area contributed by atoms with Gasteiger partial charge in [0.2, 0.25) is 0 Å². The molecule has 0 radical (unpaired) electrons. The zero-order chi connectivity index (χ0) is 16.5. The molecule has 0 saturated heterocycles. The summed E-state index contributed by atoms with van der Waals surface area (Å²) in [6, 6.07) is 9.32. The van der Waals surface area contributed by atoms with Crippen LogP contribution in [0.1, 0.15) is 39.0 Å². The monoisotopic (exact) mass is 299 g/mol. The molecular formula is C17H21N3O2. The number of aliphatic carboxylic acids is 1. The summed E-state index contributed by atoms with van der Waals surface area (Å²) in [6.45, 7) is 7.80. The zero-order valence-corrected chi connectivity index (χ0v) is 13.3. The fourth-order valence-corrected chi connectivity index (χ4v) is 2.03. The predicted octanol–water partition coefficient (Wildman–Crippen LogP) is 3.24. The number of carbonyl (C=O) groups is 1. The average Bonchev–Trinajstić information content (AvgIpc) is 2.81. The molecule has 0 aliphatic rings. The highest BCUT2D eigenvalue weighted by Crippen LogP contribution is 2.25. The van der Waals surface area contributed by atoms with Crippen LogP contribution in [-0.2, 0) is 10.2 Å². The third-order valence-electron chi connectivity index (χ3n) is 3.34. The van der Waals surface area contributed by atoms with E-state index in [1.54, 1.807) is 17.7 Å². The topological polar surface area (TPSA) is 81.1 Å². The van der Waals surface area contributed by atoms with Gasteiger partial charge in [-0.25, -0.2) is 9.48 Å². The minimum absolute atomic E-state index is 0.0865. The molecule has 0 unspecified atom stereocenters. The molecule has 0 saturated carbocycles. The van der Waals surface area contributed by atoms with Gasteiger partial charge in [-0.05, 0) is 30.7 Å². The van der Waals surface area contributed by atoms with Crippen molar-refractivity contribution in [1.29, 1.82) is 0 Å². The maximum Gasteiger partial charge on any atom is 0.331 e. The molecule has 0 spiro atoms. The van der Waals surface area contributed by atoms with E-state index in [-0.39, 0.29) is 11.0 Å². The van der Waals surface area contributed by atoms with E-state index in [1.807, 2.05) is 30.3 Å². The largest absolute Gasteiger partial charge is 0.478 e. The Labute approximate surface area is 130 Å². The lowest BCUT2D eigenvalue weighted by Crippen LogP contribution is -2.12. The Bertz CT molecular complexity index is 737. The fraction of sp³-hybridized carbons (Fsp3) is 0.294. The van der Waals surface area contributed by atoms with Crippen molar-refractivity contribution in [1.82, 2.24) is 9.78 Å². The lowest BCUT2D eigenvalue weighted by molar-refractivity contribution is -0.132. The van der Waals surface area contributed by atoms with E-state index in [9.17, 15) is 4.79 Å². The van der Waals surface area contributed by atoms with Crippen molar-refractivity contribution < 1.29 is 9.90 Å². The molecular weight excluding hydrogens is 278 g/mol. The van der Waals surface area contributed by atoms with E-state index in [2.05, 4.69) is 25.9 Å². The van der Waals surface area contributed by atoms with Crippen molar-refractivity contribution in [3.63, 3.8) is 0 Å². The maximum atomic E-state index is 10.9. The Kier molecular flexibility index (Phi) is 4.08. The fourth-order valence-electron chi connectivity index (χ4n) is 2.03. The second kappa shape index (κ2) is 5.67. The van der Waals surface area contributed by atoms with E-state index in [4.69, 9.17) is 10.8 Å². The summed E-state index contributed by atoms with van der Waals surface area (Å²) in [5.41, 5.74) is 8.76. The molecule has 0 aliphatic heterocycles. The second-order valence-electron chi connectivity index (χ2n) is 6.34. The summed E-state index contributed by atoms with van der Waals surface area (Å²) in [6.07, 6.45) is 1.62. The molecule has 22 heavy (non-hydrogen) atoms. The molecule has 0 amide bonds. The summed E-state index contributed by atoms with van der Waals surface area (Å²) in [7, 11) is 0. The predicted molar refractivity (Wildman–Crippen MR) is 88.0 cm³/mol. The first-order chi connectivity index (χ1) is 10.2. The standard InChI is InChI=1S/C17H21N3O2/c1-11(16(21)22)8-12-6-5-7-13(9-12)20-15(18)10-14(19-20)17(2,3)4/h5-10H,18H2,1-4H3,(H,21,22). The van der Waals surface area contributed by atoms with Gasteiger partial charge in [-0.2, -0.15) is 5.10 Å². The van der Waals surface area contributed by atoms with Crippen molar-refractivity contribution in [3.05, 3.63) is 47.2 Å². The van der Waals surface area contributed by atoms with Gasteiger partial charge in [-0.3, -0.25) is 0 Å². The van der Waals surface area contributed by atoms with E-state index in [0.29, 0.717) is 5.82 Å². The highest BCUT2D eigenvalue weighted by Gasteiger charge is 2.19. The van der Waals surface area contributed by atoms with Gasteiger partial charge < -0.3 is 10.8 Å². The van der Waals surface area contributed by atoms with Crippen LogP contribution in [0.15, 0.2) is 35.9 Å². The molecule has 1 aromatic carbocycles. The zero-order valence-electron chi connectivity index (χ0n) is 13.3. The molecule has 0 bridgehead atoms. The number of aromatic nitrogens is 2. The summed E-state index contributed by atoms with van der Waals surface area (Å²) in [5.74, 6) is -0.375. The molecule has 5 nitrogen and oxygen atoms in total. The molecule has 116 valence electrons. The van der Waals surface area contributed by atoms with Crippen molar-refractivity contribution in [2.45, 2.75) is 33.1 Å². The smallest absolute Gasteiger partial charge is 0.331 e. The molecule has 3 N–H and O–H groups in total. The summed E-state index contributed by atoms with van der Waals surface area (Å²) < 4.78 is 1.67. The van der Waals surface area contributed by atoms with Crippen LogP contribution in [0, 0.1) is 0 Å². The van der Waals surface area contributed by atoms with Gasteiger partial charge in [0.25, 0.3) is 0 Å².